The highest BCUT2D eigenvalue weighted by Gasteiger charge is 2.19. The first-order valence-corrected chi connectivity index (χ1v) is 10.6. The van der Waals surface area contributed by atoms with Gasteiger partial charge in [0, 0.05) is 25.2 Å². The number of amides is 1. The van der Waals surface area contributed by atoms with Crippen LogP contribution in [0.25, 0.3) is 11.4 Å². The Hall–Kier alpha value is -3.20. The van der Waals surface area contributed by atoms with Crippen molar-refractivity contribution in [3.8, 4) is 11.4 Å². The lowest BCUT2D eigenvalue weighted by Crippen LogP contribution is -2.28. The van der Waals surface area contributed by atoms with Crippen molar-refractivity contribution in [1.29, 1.82) is 0 Å². The van der Waals surface area contributed by atoms with Gasteiger partial charge in [0.25, 0.3) is 5.91 Å². The first-order chi connectivity index (χ1) is 13.8. The van der Waals surface area contributed by atoms with E-state index in [-0.39, 0.29) is 18.2 Å². The molecule has 0 atom stereocenters. The van der Waals surface area contributed by atoms with E-state index < -0.39 is 10.0 Å². The highest BCUT2D eigenvalue weighted by atomic mass is 32.2. The van der Waals surface area contributed by atoms with Gasteiger partial charge < -0.3 is 9.42 Å². The van der Waals surface area contributed by atoms with E-state index in [2.05, 4.69) is 10.1 Å². The number of carbonyl (C=O) groups excluding carboxylic acids is 1. The quantitative estimate of drug-likeness (QED) is 0.590. The molecule has 8 nitrogen and oxygen atoms in total. The fraction of sp³-hybridized carbons (Fsp3) is 0.250. The maximum absolute atomic E-state index is 12.7. The second-order valence-corrected chi connectivity index (χ2v) is 8.74. The largest absolute Gasteiger partial charge is 0.337 e. The smallest absolute Gasteiger partial charge is 0.254 e. The number of benzene rings is 2. The third-order valence-electron chi connectivity index (χ3n) is 4.48. The van der Waals surface area contributed by atoms with Crippen LogP contribution < -0.4 is 4.31 Å². The summed E-state index contributed by atoms with van der Waals surface area (Å²) in [7, 11) is -0.229. The maximum Gasteiger partial charge on any atom is 0.254 e. The zero-order chi connectivity index (χ0) is 21.0. The van der Waals surface area contributed by atoms with Crippen molar-refractivity contribution in [2.75, 3.05) is 24.2 Å². The summed E-state index contributed by atoms with van der Waals surface area (Å²) in [6.07, 6.45) is 0. The van der Waals surface area contributed by atoms with Gasteiger partial charge in [0.2, 0.25) is 21.7 Å². The van der Waals surface area contributed by atoms with Crippen LogP contribution in [-0.4, -0.2) is 49.2 Å². The van der Waals surface area contributed by atoms with Crippen LogP contribution >= 0.6 is 0 Å². The number of carbonyl (C=O) groups is 1. The molecule has 1 heterocycles. The monoisotopic (exact) mass is 414 g/mol. The number of rotatable bonds is 7. The Bertz CT molecular complexity index is 1080. The number of hydrogen-bond acceptors (Lipinski definition) is 6. The average molecular weight is 414 g/mol. The van der Waals surface area contributed by atoms with Crippen molar-refractivity contribution >= 4 is 21.6 Å². The zero-order valence-corrected chi connectivity index (χ0v) is 17.3. The molecule has 0 saturated heterocycles. The number of hydrogen-bond donors (Lipinski definition) is 0. The van der Waals surface area contributed by atoms with Crippen molar-refractivity contribution in [3.05, 3.63) is 66.1 Å². The standard InChI is InChI=1S/C20H22N4O4S/c1-4-29(26,27)24(3)17-12-10-16(11-13-17)20(25)23(2)14-18-21-19(22-28-18)15-8-6-5-7-9-15/h5-13H,4,14H2,1-3H3. The molecule has 0 aliphatic rings. The number of anilines is 1. The van der Waals surface area contributed by atoms with E-state index >= 15 is 0 Å². The molecule has 0 spiro atoms. The molecule has 0 N–H and O–H groups in total. The molecule has 0 aliphatic carbocycles. The van der Waals surface area contributed by atoms with Gasteiger partial charge in [-0.15, -0.1) is 0 Å². The summed E-state index contributed by atoms with van der Waals surface area (Å²) >= 11 is 0. The van der Waals surface area contributed by atoms with Crippen molar-refractivity contribution in [1.82, 2.24) is 15.0 Å². The summed E-state index contributed by atoms with van der Waals surface area (Å²) in [5, 5.41) is 3.95. The van der Waals surface area contributed by atoms with Crippen molar-refractivity contribution in [3.63, 3.8) is 0 Å². The minimum Gasteiger partial charge on any atom is -0.337 e. The molecule has 3 aromatic rings. The highest BCUT2D eigenvalue weighted by Crippen LogP contribution is 2.19. The molecule has 0 saturated carbocycles. The summed E-state index contributed by atoms with van der Waals surface area (Å²) in [5.41, 5.74) is 1.76. The predicted octanol–water partition coefficient (Wildman–Crippen LogP) is 2.79. The lowest BCUT2D eigenvalue weighted by Gasteiger charge is -2.19. The Labute approximate surface area is 169 Å². The average Bonchev–Trinajstić information content (AvgIpc) is 3.21. The number of sulfonamides is 1. The highest BCUT2D eigenvalue weighted by molar-refractivity contribution is 7.92. The van der Waals surface area contributed by atoms with E-state index in [1.54, 1.807) is 38.2 Å². The minimum atomic E-state index is -3.35. The van der Waals surface area contributed by atoms with E-state index in [0.717, 1.165) is 5.56 Å². The fourth-order valence-electron chi connectivity index (χ4n) is 2.69. The van der Waals surface area contributed by atoms with Crippen molar-refractivity contribution < 1.29 is 17.7 Å². The van der Waals surface area contributed by atoms with Crippen LogP contribution in [0.2, 0.25) is 0 Å². The van der Waals surface area contributed by atoms with Crippen LogP contribution in [0.3, 0.4) is 0 Å². The third kappa shape index (κ3) is 4.62. The van der Waals surface area contributed by atoms with Gasteiger partial charge in [0.15, 0.2) is 0 Å². The van der Waals surface area contributed by atoms with E-state index in [0.29, 0.717) is 23.0 Å². The molecule has 1 aromatic heterocycles. The molecule has 3 rings (SSSR count). The summed E-state index contributed by atoms with van der Waals surface area (Å²) in [4.78, 5) is 18.5. The molecule has 0 aliphatic heterocycles. The van der Waals surface area contributed by atoms with E-state index in [1.165, 1.54) is 16.3 Å². The third-order valence-corrected chi connectivity index (χ3v) is 6.25. The molecule has 1 amide bonds. The molecule has 0 unspecified atom stereocenters. The fourth-order valence-corrected chi connectivity index (χ4v) is 3.52. The number of nitrogens with zero attached hydrogens (tertiary/aromatic N) is 4. The van der Waals surface area contributed by atoms with Gasteiger partial charge in [0.05, 0.1) is 18.0 Å². The molecule has 0 fully saturated rings. The summed E-state index contributed by atoms with van der Waals surface area (Å²) in [5.74, 6) is 0.551. The molecule has 2 aromatic carbocycles. The lowest BCUT2D eigenvalue weighted by molar-refractivity contribution is 0.0769. The second-order valence-electron chi connectivity index (χ2n) is 6.45. The van der Waals surface area contributed by atoms with Gasteiger partial charge >= 0.3 is 0 Å². The van der Waals surface area contributed by atoms with Crippen molar-refractivity contribution in [2.24, 2.45) is 0 Å². The Balaban J connectivity index is 1.68. The summed E-state index contributed by atoms with van der Waals surface area (Å²) in [6, 6.07) is 15.8. The predicted molar refractivity (Wildman–Crippen MR) is 110 cm³/mol. The van der Waals surface area contributed by atoms with Crippen LogP contribution in [0.15, 0.2) is 59.1 Å². The zero-order valence-electron chi connectivity index (χ0n) is 16.4. The maximum atomic E-state index is 12.7. The van der Waals surface area contributed by atoms with Crippen molar-refractivity contribution in [2.45, 2.75) is 13.5 Å². The van der Waals surface area contributed by atoms with E-state index in [9.17, 15) is 13.2 Å². The Morgan fingerprint density at radius 1 is 1.03 bits per heavy atom. The Kier molecular flexibility index (Phi) is 5.97. The number of aromatic nitrogens is 2. The van der Waals surface area contributed by atoms with Crippen LogP contribution in [0, 0.1) is 0 Å². The van der Waals surface area contributed by atoms with Gasteiger partial charge in [-0.05, 0) is 31.2 Å². The van der Waals surface area contributed by atoms with Crippen LogP contribution in [-0.2, 0) is 16.6 Å². The first-order valence-electron chi connectivity index (χ1n) is 9.02. The van der Waals surface area contributed by atoms with Gasteiger partial charge in [0.1, 0.15) is 0 Å². The molecule has 0 radical (unpaired) electrons. The van der Waals surface area contributed by atoms with Crippen LogP contribution in [0.4, 0.5) is 5.69 Å². The molecule has 152 valence electrons. The molecular weight excluding hydrogens is 392 g/mol. The topological polar surface area (TPSA) is 96.6 Å². The molecule has 9 heteroatoms. The van der Waals surface area contributed by atoms with E-state index in [1.807, 2.05) is 30.3 Å². The molecular formula is C20H22N4O4S. The van der Waals surface area contributed by atoms with E-state index in [4.69, 9.17) is 4.52 Å². The SMILES string of the molecule is CCS(=O)(=O)N(C)c1ccc(C(=O)N(C)Cc2nc(-c3ccccc3)no2)cc1. The Morgan fingerprint density at radius 3 is 2.31 bits per heavy atom. The lowest BCUT2D eigenvalue weighted by atomic mass is 10.2. The normalized spacial score (nSPS) is 11.3. The second kappa shape index (κ2) is 8.44. The Morgan fingerprint density at radius 2 is 1.69 bits per heavy atom. The van der Waals surface area contributed by atoms with Gasteiger partial charge in [-0.2, -0.15) is 4.98 Å². The summed E-state index contributed by atoms with van der Waals surface area (Å²) in [6.45, 7) is 1.74. The summed E-state index contributed by atoms with van der Waals surface area (Å²) < 4.78 is 30.4. The van der Waals surface area contributed by atoms with Gasteiger partial charge in [-0.25, -0.2) is 8.42 Å². The molecule has 29 heavy (non-hydrogen) atoms. The van der Waals surface area contributed by atoms with Crippen LogP contribution in [0.1, 0.15) is 23.2 Å². The van der Waals surface area contributed by atoms with Crippen LogP contribution in [0.5, 0.6) is 0 Å². The molecule has 0 bridgehead atoms. The first kappa shape index (κ1) is 20.5. The van der Waals surface area contributed by atoms with Gasteiger partial charge in [-0.1, -0.05) is 35.5 Å². The van der Waals surface area contributed by atoms with Gasteiger partial charge in [-0.3, -0.25) is 9.10 Å². The minimum absolute atomic E-state index is 0.00206.